The Morgan fingerprint density at radius 2 is 2.06 bits per heavy atom. The van der Waals surface area contributed by atoms with Gasteiger partial charge in [-0.05, 0) is 11.8 Å². The Balaban J connectivity index is 2.31. The van der Waals surface area contributed by atoms with E-state index in [-0.39, 0.29) is 5.41 Å². The lowest BCUT2D eigenvalue weighted by Gasteiger charge is -2.31. The summed E-state index contributed by atoms with van der Waals surface area (Å²) in [5.74, 6) is 0.804. The summed E-state index contributed by atoms with van der Waals surface area (Å²) < 4.78 is 0. The maximum absolute atomic E-state index is 4.28. The number of anilines is 1. The number of imidazole rings is 1. The van der Waals surface area contributed by atoms with E-state index < -0.39 is 0 Å². The highest BCUT2D eigenvalue weighted by Crippen LogP contribution is 2.26. The van der Waals surface area contributed by atoms with Crippen molar-refractivity contribution in [2.75, 3.05) is 5.32 Å². The minimum Gasteiger partial charge on any atom is -0.365 e. The van der Waals surface area contributed by atoms with Gasteiger partial charge in [0.2, 0.25) is 0 Å². The lowest BCUT2D eigenvalue weighted by atomic mass is 9.85. The molecule has 2 aromatic heterocycles. The van der Waals surface area contributed by atoms with E-state index in [1.54, 1.807) is 12.7 Å². The first-order valence-corrected chi connectivity index (χ1v) is 5.93. The largest absolute Gasteiger partial charge is 0.365 e. The first-order chi connectivity index (χ1) is 8.02. The molecule has 0 unspecified atom stereocenters. The topological polar surface area (TPSA) is 66.5 Å². The van der Waals surface area contributed by atoms with Crippen molar-refractivity contribution < 1.29 is 0 Å². The Hall–Kier alpha value is -1.65. The van der Waals surface area contributed by atoms with Crippen molar-refractivity contribution in [2.45, 2.75) is 40.2 Å². The molecule has 0 radical (unpaired) electrons. The van der Waals surface area contributed by atoms with E-state index in [0.29, 0.717) is 6.04 Å². The van der Waals surface area contributed by atoms with E-state index in [9.17, 15) is 0 Å². The molecular formula is C12H19N5. The Bertz CT molecular complexity index is 497. The summed E-state index contributed by atoms with van der Waals surface area (Å²) in [6, 6.07) is 0.359. The average molecular weight is 233 g/mol. The summed E-state index contributed by atoms with van der Waals surface area (Å²) in [7, 11) is 0. The highest BCUT2D eigenvalue weighted by atomic mass is 15.1. The number of nitrogens with one attached hydrogen (secondary N) is 2. The molecule has 5 heteroatoms. The highest BCUT2D eigenvalue weighted by Gasteiger charge is 2.23. The molecule has 92 valence electrons. The van der Waals surface area contributed by atoms with Crippen molar-refractivity contribution in [3.8, 4) is 0 Å². The van der Waals surface area contributed by atoms with Gasteiger partial charge in [0, 0.05) is 6.04 Å². The van der Waals surface area contributed by atoms with E-state index in [1.165, 1.54) is 0 Å². The second-order valence-corrected chi connectivity index (χ2v) is 5.29. The van der Waals surface area contributed by atoms with Crippen LogP contribution in [-0.2, 0) is 0 Å². The van der Waals surface area contributed by atoms with Gasteiger partial charge >= 0.3 is 0 Å². The zero-order valence-electron chi connectivity index (χ0n) is 10.8. The van der Waals surface area contributed by atoms with Gasteiger partial charge in [0.1, 0.15) is 11.8 Å². The fraction of sp³-hybridized carbons (Fsp3) is 0.583. The van der Waals surface area contributed by atoms with Gasteiger partial charge in [-0.1, -0.05) is 27.7 Å². The van der Waals surface area contributed by atoms with Gasteiger partial charge in [-0.15, -0.1) is 0 Å². The molecule has 5 nitrogen and oxygen atoms in total. The van der Waals surface area contributed by atoms with Crippen molar-refractivity contribution in [1.29, 1.82) is 0 Å². The molecule has 0 aromatic carbocycles. The van der Waals surface area contributed by atoms with Crippen LogP contribution in [0.1, 0.15) is 34.1 Å². The van der Waals surface area contributed by atoms with E-state index in [0.717, 1.165) is 23.4 Å². The number of hydrogen-bond donors (Lipinski definition) is 2. The summed E-state index contributed by atoms with van der Waals surface area (Å²) in [6.07, 6.45) is 4.24. The Labute approximate surface area is 101 Å². The summed E-state index contributed by atoms with van der Waals surface area (Å²) in [5, 5.41) is 3.46. The molecule has 0 spiro atoms. The summed E-state index contributed by atoms with van der Waals surface area (Å²) in [6.45, 7) is 8.83. The van der Waals surface area contributed by atoms with E-state index in [1.807, 2.05) is 0 Å². The molecule has 0 saturated heterocycles. The molecular weight excluding hydrogens is 214 g/mol. The van der Waals surface area contributed by atoms with Crippen molar-refractivity contribution >= 4 is 17.0 Å². The predicted molar refractivity (Wildman–Crippen MR) is 68.8 cm³/mol. The average Bonchev–Trinajstić information content (AvgIpc) is 2.72. The second-order valence-electron chi connectivity index (χ2n) is 5.29. The normalized spacial score (nSPS) is 13.9. The summed E-state index contributed by atoms with van der Waals surface area (Å²) >= 11 is 0. The van der Waals surface area contributed by atoms with Gasteiger partial charge in [-0.25, -0.2) is 15.0 Å². The van der Waals surface area contributed by atoms with Crippen molar-refractivity contribution in [1.82, 2.24) is 19.9 Å². The number of nitrogens with zero attached hydrogens (tertiary/aromatic N) is 3. The lowest BCUT2D eigenvalue weighted by Crippen LogP contribution is -2.33. The summed E-state index contributed by atoms with van der Waals surface area (Å²) in [5.41, 5.74) is 1.75. The first kappa shape index (κ1) is 11.8. The molecule has 0 amide bonds. The monoisotopic (exact) mass is 233 g/mol. The van der Waals surface area contributed by atoms with Crippen molar-refractivity contribution in [3.05, 3.63) is 12.7 Å². The van der Waals surface area contributed by atoms with Crippen LogP contribution in [0.2, 0.25) is 0 Å². The van der Waals surface area contributed by atoms with Gasteiger partial charge in [0.05, 0.1) is 6.33 Å². The lowest BCUT2D eigenvalue weighted by molar-refractivity contribution is 0.333. The van der Waals surface area contributed by atoms with Crippen molar-refractivity contribution in [2.24, 2.45) is 5.41 Å². The van der Waals surface area contributed by atoms with Crippen LogP contribution in [0.3, 0.4) is 0 Å². The van der Waals surface area contributed by atoms with Crippen LogP contribution in [0.15, 0.2) is 12.7 Å². The van der Waals surface area contributed by atoms with Gasteiger partial charge in [-0.3, -0.25) is 0 Å². The SMILES string of the molecule is CC[C@H](Nc1ncnc2[nH]cnc12)C(C)(C)C. The number of rotatable bonds is 3. The smallest absolute Gasteiger partial charge is 0.162 e. The van der Waals surface area contributed by atoms with Crippen LogP contribution in [0.5, 0.6) is 0 Å². The maximum Gasteiger partial charge on any atom is 0.162 e. The molecule has 0 fully saturated rings. The molecule has 0 aliphatic carbocycles. The number of fused-ring (bicyclic) bond motifs is 1. The second kappa shape index (κ2) is 4.31. The summed E-state index contributed by atoms with van der Waals surface area (Å²) in [4.78, 5) is 15.6. The van der Waals surface area contributed by atoms with E-state index >= 15 is 0 Å². The molecule has 2 aromatic rings. The molecule has 2 N–H and O–H groups in total. The Morgan fingerprint density at radius 1 is 1.29 bits per heavy atom. The van der Waals surface area contributed by atoms with Gasteiger partial charge in [0.15, 0.2) is 11.5 Å². The first-order valence-electron chi connectivity index (χ1n) is 5.93. The molecule has 17 heavy (non-hydrogen) atoms. The number of H-pyrrole nitrogens is 1. The molecule has 0 aliphatic rings. The quantitative estimate of drug-likeness (QED) is 0.855. The fourth-order valence-corrected chi connectivity index (χ4v) is 1.97. The van der Waals surface area contributed by atoms with Gasteiger partial charge in [-0.2, -0.15) is 0 Å². The van der Waals surface area contributed by atoms with Crippen LogP contribution >= 0.6 is 0 Å². The standard InChI is InChI=1S/C12H19N5/c1-5-8(12(2,3)4)17-11-9-10(14-6-13-9)15-7-16-11/h6-8H,5H2,1-4H3,(H2,13,14,15,16,17)/t8-/m0/s1. The number of aromatic amines is 1. The molecule has 2 rings (SSSR count). The Morgan fingerprint density at radius 3 is 2.71 bits per heavy atom. The molecule has 0 saturated carbocycles. The van der Waals surface area contributed by atoms with Crippen molar-refractivity contribution in [3.63, 3.8) is 0 Å². The minimum absolute atomic E-state index is 0.183. The van der Waals surface area contributed by atoms with Gasteiger partial charge in [0.25, 0.3) is 0 Å². The third kappa shape index (κ3) is 2.38. The third-order valence-corrected chi connectivity index (χ3v) is 2.98. The Kier molecular flexibility index (Phi) is 3.00. The minimum atomic E-state index is 0.183. The highest BCUT2D eigenvalue weighted by molar-refractivity contribution is 5.82. The molecule has 0 bridgehead atoms. The van der Waals surface area contributed by atoms with Crippen LogP contribution in [0.4, 0.5) is 5.82 Å². The third-order valence-electron chi connectivity index (χ3n) is 2.98. The number of hydrogen-bond acceptors (Lipinski definition) is 4. The van der Waals surface area contributed by atoms with Crippen LogP contribution in [-0.4, -0.2) is 26.0 Å². The molecule has 1 atom stereocenters. The maximum atomic E-state index is 4.28. The van der Waals surface area contributed by atoms with Crippen LogP contribution in [0.25, 0.3) is 11.2 Å². The molecule has 0 aliphatic heterocycles. The van der Waals surface area contributed by atoms with Gasteiger partial charge < -0.3 is 10.3 Å². The zero-order chi connectivity index (χ0) is 12.5. The fourth-order valence-electron chi connectivity index (χ4n) is 1.97. The number of aromatic nitrogens is 4. The zero-order valence-corrected chi connectivity index (χ0v) is 10.8. The molecule has 2 heterocycles. The van der Waals surface area contributed by atoms with Crippen LogP contribution < -0.4 is 5.32 Å². The van der Waals surface area contributed by atoms with E-state index in [4.69, 9.17) is 0 Å². The van der Waals surface area contributed by atoms with Crippen LogP contribution in [0, 0.1) is 5.41 Å². The van der Waals surface area contributed by atoms with E-state index in [2.05, 4.69) is 52.9 Å². The predicted octanol–water partition coefficient (Wildman–Crippen LogP) is 2.59.